The van der Waals surface area contributed by atoms with Crippen molar-refractivity contribution in [2.24, 2.45) is 4.99 Å². The fourth-order valence-electron chi connectivity index (χ4n) is 3.54. The topological polar surface area (TPSA) is 71.8 Å². The first-order valence-corrected chi connectivity index (χ1v) is 11.1. The van der Waals surface area contributed by atoms with Crippen LogP contribution in [0.25, 0.3) is 10.6 Å². The van der Waals surface area contributed by atoms with Gasteiger partial charge in [0.25, 0.3) is 0 Å². The molecule has 2 aromatic rings. The number of thioether (sulfide) groups is 1. The lowest BCUT2D eigenvalue weighted by atomic mass is 9.98. The van der Waals surface area contributed by atoms with E-state index in [0.717, 1.165) is 35.2 Å². The monoisotopic (exact) mass is 402 g/mol. The molecular weight excluding hydrogens is 380 g/mol. The highest BCUT2D eigenvalue weighted by Crippen LogP contribution is 2.38. The van der Waals surface area contributed by atoms with E-state index in [1.165, 1.54) is 36.2 Å². The van der Waals surface area contributed by atoms with Gasteiger partial charge in [0, 0.05) is 5.56 Å². The molecule has 1 aliphatic carbocycles. The molecule has 1 aromatic heterocycles. The molecule has 1 aliphatic heterocycles. The molecule has 27 heavy (non-hydrogen) atoms. The third-order valence-corrected chi connectivity index (χ3v) is 7.26. The van der Waals surface area contributed by atoms with E-state index in [1.807, 2.05) is 12.1 Å². The van der Waals surface area contributed by atoms with Crippen LogP contribution in [0.1, 0.15) is 58.3 Å². The molecule has 0 spiro atoms. The summed E-state index contributed by atoms with van der Waals surface area (Å²) in [5.41, 5.74) is 2.67. The number of aliphatic imine (C=N–C) groups is 1. The Morgan fingerprint density at radius 3 is 2.59 bits per heavy atom. The van der Waals surface area contributed by atoms with Crippen LogP contribution in [0.15, 0.2) is 29.3 Å². The van der Waals surface area contributed by atoms with Gasteiger partial charge in [-0.15, -0.1) is 23.1 Å². The Kier molecular flexibility index (Phi) is 5.50. The second kappa shape index (κ2) is 8.02. The predicted octanol–water partition coefficient (Wildman–Crippen LogP) is 5.31. The summed E-state index contributed by atoms with van der Waals surface area (Å²) in [7, 11) is 0. The number of carboxylic acids is 1. The van der Waals surface area contributed by atoms with Crippen molar-refractivity contribution in [3.8, 4) is 10.6 Å². The fraction of sp³-hybridized carbons (Fsp3) is 0.450. The van der Waals surface area contributed by atoms with Gasteiger partial charge in [0.05, 0.1) is 11.6 Å². The van der Waals surface area contributed by atoms with Gasteiger partial charge in [0.15, 0.2) is 0 Å². The van der Waals surface area contributed by atoms with E-state index in [-0.39, 0.29) is 5.25 Å². The summed E-state index contributed by atoms with van der Waals surface area (Å²) in [6, 6.07) is 8.18. The van der Waals surface area contributed by atoms with Crippen molar-refractivity contribution in [3.63, 3.8) is 0 Å². The largest absolute Gasteiger partial charge is 0.477 e. The van der Waals surface area contributed by atoms with E-state index in [4.69, 9.17) is 4.74 Å². The number of hydrogen-bond donors (Lipinski definition) is 1. The van der Waals surface area contributed by atoms with Gasteiger partial charge in [-0.05, 0) is 38.2 Å². The van der Waals surface area contributed by atoms with Crippen molar-refractivity contribution in [2.75, 3.05) is 5.88 Å². The van der Waals surface area contributed by atoms with Crippen LogP contribution in [-0.2, 0) is 4.74 Å². The van der Waals surface area contributed by atoms with Crippen LogP contribution < -0.4 is 0 Å². The molecule has 1 N–H and O–H groups in total. The van der Waals surface area contributed by atoms with E-state index in [0.29, 0.717) is 16.7 Å². The maximum absolute atomic E-state index is 11.2. The molecular formula is C20H22N2O3S2. The van der Waals surface area contributed by atoms with Crippen molar-refractivity contribution in [1.82, 2.24) is 4.98 Å². The number of carboxylic acid groups (broad SMARTS) is 1. The van der Waals surface area contributed by atoms with Gasteiger partial charge >= 0.3 is 5.97 Å². The standard InChI is InChI=1S/C20H22N2O3S2/c1-12-16(20(23)24)27-19(22-12)14-9-7-13(8-10-14)17-18(21-11-26-17)25-15-5-3-2-4-6-15/h7-10,15,17H,2-6,11H2,1H3,(H,23,24). The molecule has 1 fully saturated rings. The van der Waals surface area contributed by atoms with Crippen LogP contribution >= 0.6 is 23.1 Å². The number of carbonyl (C=O) groups is 1. The lowest BCUT2D eigenvalue weighted by Gasteiger charge is -2.24. The maximum Gasteiger partial charge on any atom is 0.347 e. The van der Waals surface area contributed by atoms with Crippen molar-refractivity contribution in [1.29, 1.82) is 0 Å². The van der Waals surface area contributed by atoms with E-state index in [1.54, 1.807) is 18.7 Å². The zero-order valence-corrected chi connectivity index (χ0v) is 16.8. The average Bonchev–Trinajstić information content (AvgIpc) is 3.29. The van der Waals surface area contributed by atoms with Gasteiger partial charge in [0.1, 0.15) is 21.2 Å². The number of aryl methyl sites for hydroxylation is 1. The lowest BCUT2D eigenvalue weighted by molar-refractivity contribution is 0.0701. The number of ether oxygens (including phenoxy) is 1. The van der Waals surface area contributed by atoms with Crippen molar-refractivity contribution in [2.45, 2.75) is 50.4 Å². The highest BCUT2D eigenvalue weighted by Gasteiger charge is 2.28. The minimum Gasteiger partial charge on any atom is -0.477 e. The summed E-state index contributed by atoms with van der Waals surface area (Å²) in [6.07, 6.45) is 6.37. The Labute approximate surface area is 166 Å². The Morgan fingerprint density at radius 1 is 1.19 bits per heavy atom. The third-order valence-electron chi connectivity index (χ3n) is 4.98. The van der Waals surface area contributed by atoms with E-state index in [9.17, 15) is 9.90 Å². The molecule has 0 bridgehead atoms. The first-order chi connectivity index (χ1) is 13.1. The maximum atomic E-state index is 11.2. The quantitative estimate of drug-likeness (QED) is 0.750. The van der Waals surface area contributed by atoms with Crippen LogP contribution in [0.5, 0.6) is 0 Å². The van der Waals surface area contributed by atoms with Gasteiger partial charge in [-0.1, -0.05) is 30.7 Å². The Bertz CT molecular complexity index is 855. The zero-order valence-electron chi connectivity index (χ0n) is 15.2. The number of hydrogen-bond acceptors (Lipinski definition) is 6. The number of thiazole rings is 1. The highest BCUT2D eigenvalue weighted by atomic mass is 32.2. The third kappa shape index (κ3) is 4.04. The number of nitrogens with zero attached hydrogens (tertiary/aromatic N) is 2. The minimum absolute atomic E-state index is 0.147. The summed E-state index contributed by atoms with van der Waals surface area (Å²) < 4.78 is 6.23. The Balaban J connectivity index is 1.49. The van der Waals surface area contributed by atoms with E-state index >= 15 is 0 Å². The molecule has 1 atom stereocenters. The van der Waals surface area contributed by atoms with Gasteiger partial charge < -0.3 is 9.84 Å². The second-order valence-electron chi connectivity index (χ2n) is 6.91. The first kappa shape index (κ1) is 18.5. The average molecular weight is 403 g/mol. The van der Waals surface area contributed by atoms with Crippen molar-refractivity contribution >= 4 is 35.0 Å². The molecule has 2 heterocycles. The molecule has 1 aromatic carbocycles. The highest BCUT2D eigenvalue weighted by molar-refractivity contribution is 8.00. The van der Waals surface area contributed by atoms with Gasteiger partial charge in [0.2, 0.25) is 5.90 Å². The van der Waals surface area contributed by atoms with Crippen molar-refractivity contribution in [3.05, 3.63) is 40.4 Å². The molecule has 0 radical (unpaired) electrons. The lowest BCUT2D eigenvalue weighted by Crippen LogP contribution is -2.22. The number of aromatic carboxylic acids is 1. The van der Waals surface area contributed by atoms with Crippen LogP contribution in [0.4, 0.5) is 0 Å². The molecule has 142 valence electrons. The molecule has 1 saturated carbocycles. The molecule has 5 nitrogen and oxygen atoms in total. The second-order valence-corrected chi connectivity index (χ2v) is 8.97. The Hall–Kier alpha value is -1.86. The van der Waals surface area contributed by atoms with Crippen molar-refractivity contribution < 1.29 is 14.6 Å². The van der Waals surface area contributed by atoms with E-state index < -0.39 is 5.97 Å². The number of rotatable bonds is 4. The summed E-state index contributed by atoms with van der Waals surface area (Å²) in [5.74, 6) is 0.677. The summed E-state index contributed by atoms with van der Waals surface area (Å²) in [6.45, 7) is 1.73. The van der Waals surface area contributed by atoms with Crippen LogP contribution in [-0.4, -0.2) is 33.9 Å². The Morgan fingerprint density at radius 2 is 1.93 bits per heavy atom. The van der Waals surface area contributed by atoms with Crippen LogP contribution in [0, 0.1) is 6.92 Å². The summed E-state index contributed by atoms with van der Waals surface area (Å²) in [4.78, 5) is 20.5. The molecule has 2 aliphatic rings. The molecule has 0 amide bonds. The first-order valence-electron chi connectivity index (χ1n) is 9.25. The van der Waals surface area contributed by atoms with Crippen LogP contribution in [0.2, 0.25) is 0 Å². The minimum atomic E-state index is -0.920. The molecule has 0 saturated heterocycles. The molecule has 4 rings (SSSR count). The smallest absolute Gasteiger partial charge is 0.347 e. The SMILES string of the molecule is Cc1nc(-c2ccc(C3SCN=C3OC3CCCCC3)cc2)sc1C(=O)O. The van der Waals surface area contributed by atoms with Crippen LogP contribution in [0.3, 0.4) is 0 Å². The summed E-state index contributed by atoms with van der Waals surface area (Å²) >= 11 is 3.00. The number of benzene rings is 1. The van der Waals surface area contributed by atoms with Gasteiger partial charge in [-0.3, -0.25) is 0 Å². The molecule has 7 heteroatoms. The fourth-order valence-corrected chi connectivity index (χ4v) is 5.42. The zero-order chi connectivity index (χ0) is 18.8. The van der Waals surface area contributed by atoms with Gasteiger partial charge in [-0.2, -0.15) is 0 Å². The molecule has 1 unspecified atom stereocenters. The van der Waals surface area contributed by atoms with E-state index in [2.05, 4.69) is 22.1 Å². The summed E-state index contributed by atoms with van der Waals surface area (Å²) in [5, 5.41) is 10.1. The normalized spacial score (nSPS) is 20.5. The number of aromatic nitrogens is 1. The van der Waals surface area contributed by atoms with Gasteiger partial charge in [-0.25, -0.2) is 14.8 Å². The predicted molar refractivity (Wildman–Crippen MR) is 110 cm³/mol.